The van der Waals surface area contributed by atoms with E-state index in [9.17, 15) is 14.4 Å². The molecule has 32 heavy (non-hydrogen) atoms. The van der Waals surface area contributed by atoms with E-state index in [4.69, 9.17) is 4.74 Å². The normalized spacial score (nSPS) is 17.9. The summed E-state index contributed by atoms with van der Waals surface area (Å²) in [6.45, 7) is 1.50. The number of amides is 3. The Morgan fingerprint density at radius 2 is 1.69 bits per heavy atom. The van der Waals surface area contributed by atoms with Gasteiger partial charge in [-0.2, -0.15) is 0 Å². The molecule has 0 radical (unpaired) electrons. The third kappa shape index (κ3) is 3.89. The molecule has 7 heteroatoms. The minimum Gasteiger partial charge on any atom is -0.489 e. The van der Waals surface area contributed by atoms with Crippen molar-refractivity contribution >= 4 is 17.7 Å². The summed E-state index contributed by atoms with van der Waals surface area (Å²) in [5.74, 6) is -0.264. The summed E-state index contributed by atoms with van der Waals surface area (Å²) in [4.78, 5) is 38.2. The number of ether oxygens (including phenoxy) is 1. The van der Waals surface area contributed by atoms with Crippen LogP contribution in [0.1, 0.15) is 39.9 Å². The second kappa shape index (κ2) is 8.34. The van der Waals surface area contributed by atoms with E-state index in [0.717, 1.165) is 17.7 Å². The van der Waals surface area contributed by atoms with Crippen LogP contribution < -0.4 is 10.1 Å². The molecule has 162 valence electrons. The summed E-state index contributed by atoms with van der Waals surface area (Å²) in [5.41, 5.74) is 3.57. The number of aromatic nitrogens is 1. The average molecular weight is 429 g/mol. The highest BCUT2D eigenvalue weighted by Gasteiger charge is 2.40. The third-order valence-electron chi connectivity index (χ3n) is 5.99. The van der Waals surface area contributed by atoms with Gasteiger partial charge >= 0.3 is 0 Å². The lowest BCUT2D eigenvalue weighted by atomic mass is 10.0. The molecule has 3 amide bonds. The van der Waals surface area contributed by atoms with Gasteiger partial charge in [0.05, 0.1) is 6.54 Å². The van der Waals surface area contributed by atoms with Crippen molar-refractivity contribution in [2.24, 2.45) is 0 Å². The first-order valence-corrected chi connectivity index (χ1v) is 10.7. The lowest BCUT2D eigenvalue weighted by Gasteiger charge is -2.29. The maximum Gasteiger partial charge on any atom is 0.255 e. The van der Waals surface area contributed by atoms with Crippen molar-refractivity contribution in [1.82, 2.24) is 14.8 Å². The topological polar surface area (TPSA) is 80.6 Å². The van der Waals surface area contributed by atoms with Crippen LogP contribution in [0.3, 0.4) is 0 Å². The van der Waals surface area contributed by atoms with Gasteiger partial charge in [0.25, 0.3) is 5.91 Å². The Hall–Kier alpha value is -3.87. The first kappa shape index (κ1) is 20.1. The highest BCUT2D eigenvalue weighted by Crippen LogP contribution is 2.33. The Morgan fingerprint density at radius 1 is 0.938 bits per heavy atom. The number of imide groups is 1. The Kier molecular flexibility index (Phi) is 5.23. The van der Waals surface area contributed by atoms with Crippen molar-refractivity contribution in [3.05, 3.63) is 89.2 Å². The summed E-state index contributed by atoms with van der Waals surface area (Å²) in [5, 5.41) is 2.33. The number of benzene rings is 2. The predicted octanol–water partition coefficient (Wildman–Crippen LogP) is 2.88. The molecule has 0 aliphatic carbocycles. The molecule has 3 heterocycles. The minimum absolute atomic E-state index is 0.200. The van der Waals surface area contributed by atoms with E-state index in [0.29, 0.717) is 30.9 Å². The quantitative estimate of drug-likeness (QED) is 0.611. The number of hydrogen-bond donors (Lipinski definition) is 1. The van der Waals surface area contributed by atoms with Crippen molar-refractivity contribution in [1.29, 1.82) is 0 Å². The first-order chi connectivity index (χ1) is 15.6. The van der Waals surface area contributed by atoms with Gasteiger partial charge in [-0.25, -0.2) is 0 Å². The van der Waals surface area contributed by atoms with Gasteiger partial charge < -0.3 is 14.2 Å². The fraction of sp³-hybridized carbons (Fsp3) is 0.240. The molecular weight excluding hydrogens is 406 g/mol. The van der Waals surface area contributed by atoms with Gasteiger partial charge in [-0.05, 0) is 41.8 Å². The molecule has 1 saturated heterocycles. The Bertz CT molecular complexity index is 1170. The summed E-state index contributed by atoms with van der Waals surface area (Å²) >= 11 is 0. The highest BCUT2D eigenvalue weighted by molar-refractivity contribution is 6.05. The fourth-order valence-corrected chi connectivity index (χ4v) is 4.28. The molecule has 1 aromatic heterocycles. The van der Waals surface area contributed by atoms with E-state index < -0.39 is 11.9 Å². The summed E-state index contributed by atoms with van der Waals surface area (Å²) in [6.07, 6.45) is 4.65. The number of piperidine rings is 1. The number of nitrogens with zero attached hydrogens (tertiary/aromatic N) is 2. The third-order valence-corrected chi connectivity index (χ3v) is 5.99. The first-order valence-electron chi connectivity index (χ1n) is 10.7. The number of rotatable bonds is 6. The van der Waals surface area contributed by atoms with E-state index in [1.54, 1.807) is 12.1 Å². The molecule has 3 aromatic rings. The van der Waals surface area contributed by atoms with Gasteiger partial charge in [0.2, 0.25) is 11.8 Å². The predicted molar refractivity (Wildman–Crippen MR) is 117 cm³/mol. The summed E-state index contributed by atoms with van der Waals surface area (Å²) in [7, 11) is 0. The van der Waals surface area contributed by atoms with Gasteiger partial charge in [-0.1, -0.05) is 30.3 Å². The average Bonchev–Trinajstić information content (AvgIpc) is 3.42. The summed E-state index contributed by atoms with van der Waals surface area (Å²) in [6, 6.07) is 17.0. The zero-order valence-corrected chi connectivity index (χ0v) is 17.5. The second-order valence-corrected chi connectivity index (χ2v) is 8.14. The van der Waals surface area contributed by atoms with Crippen molar-refractivity contribution in [2.45, 2.75) is 38.6 Å². The highest BCUT2D eigenvalue weighted by atomic mass is 16.5. The van der Waals surface area contributed by atoms with Crippen molar-refractivity contribution in [3.63, 3.8) is 0 Å². The molecule has 2 aliphatic heterocycles. The Morgan fingerprint density at radius 3 is 2.44 bits per heavy atom. The number of nitrogens with one attached hydrogen (secondary N) is 1. The van der Waals surface area contributed by atoms with E-state index >= 15 is 0 Å². The van der Waals surface area contributed by atoms with Gasteiger partial charge in [0.15, 0.2) is 0 Å². The molecule has 1 unspecified atom stereocenters. The largest absolute Gasteiger partial charge is 0.489 e. The van der Waals surface area contributed by atoms with Crippen LogP contribution in [-0.2, 0) is 29.3 Å². The molecule has 2 aromatic carbocycles. The molecule has 1 fully saturated rings. The number of hydrogen-bond acceptors (Lipinski definition) is 4. The van der Waals surface area contributed by atoms with Gasteiger partial charge in [-0.15, -0.1) is 0 Å². The number of carbonyl (C=O) groups excluding carboxylic acids is 3. The lowest BCUT2D eigenvalue weighted by molar-refractivity contribution is -0.136. The Balaban J connectivity index is 1.27. The van der Waals surface area contributed by atoms with Crippen LogP contribution in [0.2, 0.25) is 0 Å². The van der Waals surface area contributed by atoms with E-state index in [-0.39, 0.29) is 18.2 Å². The zero-order chi connectivity index (χ0) is 22.1. The number of carbonyl (C=O) groups is 3. The maximum absolute atomic E-state index is 12.9. The zero-order valence-electron chi connectivity index (χ0n) is 17.5. The van der Waals surface area contributed by atoms with Crippen LogP contribution in [-0.4, -0.2) is 33.2 Å². The molecule has 0 saturated carbocycles. The fourth-order valence-electron chi connectivity index (χ4n) is 4.28. The monoisotopic (exact) mass is 429 g/mol. The van der Waals surface area contributed by atoms with Crippen LogP contribution >= 0.6 is 0 Å². The van der Waals surface area contributed by atoms with E-state index in [1.807, 2.05) is 42.7 Å². The molecular formula is C25H23N3O4. The van der Waals surface area contributed by atoms with Crippen LogP contribution in [0.25, 0.3) is 0 Å². The smallest absolute Gasteiger partial charge is 0.255 e. The van der Waals surface area contributed by atoms with Crippen molar-refractivity contribution < 1.29 is 19.1 Å². The second-order valence-electron chi connectivity index (χ2n) is 8.14. The maximum atomic E-state index is 12.9. The van der Waals surface area contributed by atoms with Crippen LogP contribution in [0.4, 0.5) is 0 Å². The number of fused-ring (bicyclic) bond motifs is 1. The van der Waals surface area contributed by atoms with Crippen molar-refractivity contribution in [2.75, 3.05) is 0 Å². The molecule has 7 nitrogen and oxygen atoms in total. The van der Waals surface area contributed by atoms with Crippen molar-refractivity contribution in [3.8, 4) is 5.75 Å². The Labute approximate surface area is 185 Å². The van der Waals surface area contributed by atoms with E-state index in [1.165, 1.54) is 10.5 Å². The summed E-state index contributed by atoms with van der Waals surface area (Å²) < 4.78 is 8.18. The molecule has 0 spiro atoms. The minimum atomic E-state index is -0.631. The van der Waals surface area contributed by atoms with Gasteiger partial charge in [-0.3, -0.25) is 19.7 Å². The SMILES string of the molecule is O=C1CCC(N2Cc3c(OCc4ccc(Cn5cccc5)cc4)cccc3C2=O)C(=O)N1. The molecule has 0 bridgehead atoms. The van der Waals surface area contributed by atoms with Crippen LogP contribution in [0.15, 0.2) is 67.0 Å². The van der Waals surface area contributed by atoms with Crippen LogP contribution in [0, 0.1) is 0 Å². The molecule has 1 N–H and O–H groups in total. The molecule has 2 aliphatic rings. The lowest BCUT2D eigenvalue weighted by Crippen LogP contribution is -2.52. The van der Waals surface area contributed by atoms with Gasteiger partial charge in [0.1, 0.15) is 18.4 Å². The standard InChI is InChI=1S/C25H23N3O4/c29-23-11-10-21(24(30)26-23)28-15-20-19(25(28)31)4-3-5-22(20)32-16-18-8-6-17(7-9-18)14-27-12-1-2-13-27/h1-9,12-13,21H,10-11,14-16H2,(H,26,29,30). The molecule has 5 rings (SSSR count). The molecule has 1 atom stereocenters. The van der Waals surface area contributed by atoms with Gasteiger partial charge in [0, 0.05) is 36.5 Å². The van der Waals surface area contributed by atoms with E-state index in [2.05, 4.69) is 22.0 Å². The van der Waals surface area contributed by atoms with Crippen LogP contribution in [0.5, 0.6) is 5.75 Å².